The Morgan fingerprint density at radius 3 is 3.18 bits per heavy atom. The number of aromatic nitrogens is 2. The van der Waals surface area contributed by atoms with E-state index in [0.29, 0.717) is 24.6 Å². The Balaban J connectivity index is 1.89. The molecule has 0 aliphatic carbocycles. The standard InChI is InChI=1S/C11H18N4O2/c1-2-15-10(12)6-9(14-15)11(16)13-7-8-4-3-5-17-8/h6,8H,2-5,7,12H2,1H3,(H,13,16)/t8-/m0/s1. The van der Waals surface area contributed by atoms with E-state index in [9.17, 15) is 4.79 Å². The van der Waals surface area contributed by atoms with Gasteiger partial charge in [-0.1, -0.05) is 0 Å². The zero-order chi connectivity index (χ0) is 12.3. The highest BCUT2D eigenvalue weighted by atomic mass is 16.5. The SMILES string of the molecule is CCn1nc(C(=O)NC[C@@H]2CCCO2)cc1N. The molecule has 94 valence electrons. The fourth-order valence-corrected chi connectivity index (χ4v) is 1.90. The molecule has 0 aromatic carbocycles. The summed E-state index contributed by atoms with van der Waals surface area (Å²) in [5.41, 5.74) is 6.07. The van der Waals surface area contributed by atoms with Gasteiger partial charge in [-0.15, -0.1) is 0 Å². The van der Waals surface area contributed by atoms with Crippen LogP contribution in [-0.4, -0.2) is 34.9 Å². The lowest BCUT2D eigenvalue weighted by molar-refractivity contribution is 0.0853. The van der Waals surface area contributed by atoms with Crippen molar-refractivity contribution in [1.82, 2.24) is 15.1 Å². The molecule has 1 aromatic rings. The number of nitrogen functional groups attached to an aromatic ring is 1. The predicted molar refractivity (Wildman–Crippen MR) is 63.6 cm³/mol. The molecule has 2 heterocycles. The average molecular weight is 238 g/mol. The van der Waals surface area contributed by atoms with Crippen LogP contribution >= 0.6 is 0 Å². The lowest BCUT2D eigenvalue weighted by Gasteiger charge is -2.09. The zero-order valence-corrected chi connectivity index (χ0v) is 9.98. The van der Waals surface area contributed by atoms with Crippen molar-refractivity contribution in [2.45, 2.75) is 32.4 Å². The largest absolute Gasteiger partial charge is 0.384 e. The molecular formula is C11H18N4O2. The molecule has 0 unspecified atom stereocenters. The van der Waals surface area contributed by atoms with Crippen molar-refractivity contribution in [2.24, 2.45) is 0 Å². The number of carbonyl (C=O) groups excluding carboxylic acids is 1. The first-order chi connectivity index (χ1) is 8.20. The Morgan fingerprint density at radius 2 is 2.59 bits per heavy atom. The summed E-state index contributed by atoms with van der Waals surface area (Å²) in [6.45, 7) is 3.91. The number of nitrogens with zero attached hydrogens (tertiary/aromatic N) is 2. The number of hydrogen-bond donors (Lipinski definition) is 2. The van der Waals surface area contributed by atoms with E-state index < -0.39 is 0 Å². The summed E-state index contributed by atoms with van der Waals surface area (Å²) in [6.07, 6.45) is 2.22. The molecule has 0 bridgehead atoms. The molecule has 1 aliphatic heterocycles. The molecule has 1 aromatic heterocycles. The highest BCUT2D eigenvalue weighted by Gasteiger charge is 2.18. The first kappa shape index (κ1) is 11.9. The number of aryl methyl sites for hydroxylation is 1. The maximum Gasteiger partial charge on any atom is 0.271 e. The van der Waals surface area contributed by atoms with Gasteiger partial charge in [-0.25, -0.2) is 4.68 Å². The van der Waals surface area contributed by atoms with Gasteiger partial charge >= 0.3 is 0 Å². The number of rotatable bonds is 4. The molecule has 1 atom stereocenters. The molecule has 1 aliphatic rings. The minimum Gasteiger partial charge on any atom is -0.384 e. The first-order valence-corrected chi connectivity index (χ1v) is 5.94. The molecule has 1 fully saturated rings. The summed E-state index contributed by atoms with van der Waals surface area (Å²) < 4.78 is 7.02. The van der Waals surface area contributed by atoms with Gasteiger partial charge < -0.3 is 15.8 Å². The zero-order valence-electron chi connectivity index (χ0n) is 9.98. The van der Waals surface area contributed by atoms with Gasteiger partial charge in [-0.2, -0.15) is 5.10 Å². The highest BCUT2D eigenvalue weighted by molar-refractivity contribution is 5.92. The third kappa shape index (κ3) is 2.76. The molecule has 1 saturated heterocycles. The fraction of sp³-hybridized carbons (Fsp3) is 0.636. The minimum atomic E-state index is -0.195. The van der Waals surface area contributed by atoms with Crippen LogP contribution in [0, 0.1) is 0 Å². The smallest absolute Gasteiger partial charge is 0.271 e. The minimum absolute atomic E-state index is 0.143. The van der Waals surface area contributed by atoms with E-state index in [0.717, 1.165) is 19.4 Å². The Bertz CT molecular complexity index is 396. The third-order valence-electron chi connectivity index (χ3n) is 2.86. The van der Waals surface area contributed by atoms with E-state index in [1.807, 2.05) is 6.92 Å². The third-order valence-corrected chi connectivity index (χ3v) is 2.86. The van der Waals surface area contributed by atoms with Crippen LogP contribution in [0.1, 0.15) is 30.3 Å². The van der Waals surface area contributed by atoms with Crippen LogP contribution in [0.4, 0.5) is 5.82 Å². The van der Waals surface area contributed by atoms with E-state index in [1.54, 1.807) is 10.7 Å². The Hall–Kier alpha value is -1.56. The first-order valence-electron chi connectivity index (χ1n) is 5.94. The number of nitrogens with one attached hydrogen (secondary N) is 1. The Morgan fingerprint density at radius 1 is 1.76 bits per heavy atom. The molecule has 0 radical (unpaired) electrons. The average Bonchev–Trinajstić information content (AvgIpc) is 2.94. The van der Waals surface area contributed by atoms with Crippen LogP contribution in [0.25, 0.3) is 0 Å². The highest BCUT2D eigenvalue weighted by Crippen LogP contribution is 2.11. The number of amides is 1. The maximum atomic E-state index is 11.8. The van der Waals surface area contributed by atoms with Crippen LogP contribution < -0.4 is 11.1 Å². The van der Waals surface area contributed by atoms with E-state index in [-0.39, 0.29) is 12.0 Å². The number of ether oxygens (including phenoxy) is 1. The van der Waals surface area contributed by atoms with Crippen LogP contribution in [0.2, 0.25) is 0 Å². The quantitative estimate of drug-likeness (QED) is 0.795. The second-order valence-corrected chi connectivity index (χ2v) is 4.12. The van der Waals surface area contributed by atoms with Gasteiger partial charge in [0.15, 0.2) is 5.69 Å². The summed E-state index contributed by atoms with van der Waals surface area (Å²) in [5, 5.41) is 6.92. The molecule has 6 nitrogen and oxygen atoms in total. The molecule has 1 amide bonds. The summed E-state index contributed by atoms with van der Waals surface area (Å²) >= 11 is 0. The van der Waals surface area contributed by atoms with E-state index in [2.05, 4.69) is 10.4 Å². The fourth-order valence-electron chi connectivity index (χ4n) is 1.90. The van der Waals surface area contributed by atoms with Crippen molar-refractivity contribution in [3.63, 3.8) is 0 Å². The number of carbonyl (C=O) groups is 1. The van der Waals surface area contributed by atoms with Crippen LogP contribution in [0.5, 0.6) is 0 Å². The summed E-state index contributed by atoms with van der Waals surface area (Å²) in [6, 6.07) is 1.59. The molecule has 0 spiro atoms. The molecule has 2 rings (SSSR count). The second-order valence-electron chi connectivity index (χ2n) is 4.12. The number of nitrogens with two attached hydrogens (primary N) is 1. The van der Waals surface area contributed by atoms with Crippen molar-refractivity contribution < 1.29 is 9.53 Å². The Kier molecular flexibility index (Phi) is 3.63. The van der Waals surface area contributed by atoms with Gasteiger partial charge in [-0.05, 0) is 19.8 Å². The van der Waals surface area contributed by atoms with Gasteiger partial charge in [0.1, 0.15) is 5.82 Å². The van der Waals surface area contributed by atoms with Crippen LogP contribution in [0.3, 0.4) is 0 Å². The lowest BCUT2D eigenvalue weighted by Crippen LogP contribution is -2.32. The number of anilines is 1. The normalized spacial score (nSPS) is 19.5. The molecular weight excluding hydrogens is 220 g/mol. The summed E-state index contributed by atoms with van der Waals surface area (Å²) in [4.78, 5) is 11.8. The second kappa shape index (κ2) is 5.18. The topological polar surface area (TPSA) is 82.2 Å². The molecule has 0 saturated carbocycles. The lowest BCUT2D eigenvalue weighted by atomic mass is 10.2. The van der Waals surface area contributed by atoms with Crippen LogP contribution in [-0.2, 0) is 11.3 Å². The van der Waals surface area contributed by atoms with Crippen molar-refractivity contribution in [3.8, 4) is 0 Å². The Labute approximate surface area is 100 Å². The van der Waals surface area contributed by atoms with Crippen molar-refractivity contribution in [2.75, 3.05) is 18.9 Å². The van der Waals surface area contributed by atoms with E-state index in [4.69, 9.17) is 10.5 Å². The molecule has 17 heavy (non-hydrogen) atoms. The van der Waals surface area contributed by atoms with E-state index in [1.165, 1.54) is 0 Å². The van der Waals surface area contributed by atoms with E-state index >= 15 is 0 Å². The van der Waals surface area contributed by atoms with Crippen molar-refractivity contribution in [3.05, 3.63) is 11.8 Å². The monoisotopic (exact) mass is 238 g/mol. The van der Waals surface area contributed by atoms with Crippen molar-refractivity contribution in [1.29, 1.82) is 0 Å². The predicted octanol–water partition coefficient (Wildman–Crippen LogP) is 0.394. The summed E-state index contributed by atoms with van der Waals surface area (Å²) in [5.74, 6) is 0.314. The van der Waals surface area contributed by atoms with Crippen molar-refractivity contribution >= 4 is 11.7 Å². The van der Waals surface area contributed by atoms with Gasteiger partial charge in [0, 0.05) is 25.8 Å². The molecule has 6 heteroatoms. The summed E-state index contributed by atoms with van der Waals surface area (Å²) in [7, 11) is 0. The van der Waals surface area contributed by atoms with Gasteiger partial charge in [0.05, 0.1) is 6.10 Å². The van der Waals surface area contributed by atoms with Gasteiger partial charge in [-0.3, -0.25) is 4.79 Å². The van der Waals surface area contributed by atoms with Crippen LogP contribution in [0.15, 0.2) is 6.07 Å². The maximum absolute atomic E-state index is 11.8. The molecule has 3 N–H and O–H groups in total. The van der Waals surface area contributed by atoms with Gasteiger partial charge in [0.2, 0.25) is 0 Å². The van der Waals surface area contributed by atoms with Gasteiger partial charge in [0.25, 0.3) is 5.91 Å². The number of hydrogen-bond acceptors (Lipinski definition) is 4.